The average Bonchev–Trinajstić information content (AvgIpc) is 2.09. The van der Waals surface area contributed by atoms with Crippen LogP contribution in [0.2, 0.25) is 5.02 Å². The van der Waals surface area contributed by atoms with E-state index in [1.54, 1.807) is 12.1 Å². The van der Waals surface area contributed by atoms with Crippen molar-refractivity contribution in [1.29, 1.82) is 0 Å². The maximum Gasteiger partial charge on any atom is 0.127 e. The zero-order valence-electron chi connectivity index (χ0n) is 7.19. The van der Waals surface area contributed by atoms with E-state index in [0.29, 0.717) is 10.9 Å². The van der Waals surface area contributed by atoms with Crippen LogP contribution in [0.25, 0.3) is 0 Å². The highest BCUT2D eigenvalue weighted by molar-refractivity contribution is 6.30. The predicted octanol–water partition coefficient (Wildman–Crippen LogP) is 4.04. The number of aryl methyl sites for hydroxylation is 1. The van der Waals surface area contributed by atoms with Gasteiger partial charge in [0.05, 0.1) is 0 Å². The molecule has 0 fully saturated rings. The molecular formula is C10H11Cl2F. The Morgan fingerprint density at radius 2 is 2.00 bits per heavy atom. The molecule has 0 aliphatic carbocycles. The summed E-state index contributed by atoms with van der Waals surface area (Å²) in [6.07, 6.45) is 2.57. The van der Waals surface area contributed by atoms with E-state index < -0.39 is 0 Å². The molecular weight excluding hydrogens is 210 g/mol. The van der Waals surface area contributed by atoms with Gasteiger partial charge < -0.3 is 0 Å². The molecule has 0 aliphatic heterocycles. The van der Waals surface area contributed by atoms with Gasteiger partial charge in [-0.1, -0.05) is 17.7 Å². The predicted molar refractivity (Wildman–Crippen MR) is 55.1 cm³/mol. The van der Waals surface area contributed by atoms with Crippen LogP contribution >= 0.6 is 23.2 Å². The Labute approximate surface area is 87.7 Å². The second-order valence-electron chi connectivity index (χ2n) is 2.88. The number of rotatable bonds is 4. The smallest absolute Gasteiger partial charge is 0.127 e. The molecule has 0 heterocycles. The Morgan fingerprint density at radius 1 is 1.23 bits per heavy atom. The summed E-state index contributed by atoms with van der Waals surface area (Å²) in [5.74, 6) is 0.414. The minimum Gasteiger partial charge on any atom is -0.207 e. The monoisotopic (exact) mass is 220 g/mol. The van der Waals surface area contributed by atoms with Gasteiger partial charge in [-0.3, -0.25) is 0 Å². The van der Waals surface area contributed by atoms with Gasteiger partial charge in [-0.05, 0) is 37.0 Å². The molecule has 0 N–H and O–H groups in total. The van der Waals surface area contributed by atoms with Crippen molar-refractivity contribution in [3.8, 4) is 0 Å². The molecule has 13 heavy (non-hydrogen) atoms. The van der Waals surface area contributed by atoms with Gasteiger partial charge in [0.1, 0.15) is 5.82 Å². The first-order valence-corrected chi connectivity index (χ1v) is 5.15. The first-order valence-electron chi connectivity index (χ1n) is 4.24. The third kappa shape index (κ3) is 3.53. The topological polar surface area (TPSA) is 0 Å². The van der Waals surface area contributed by atoms with E-state index in [2.05, 4.69) is 0 Å². The highest BCUT2D eigenvalue weighted by Gasteiger charge is 2.01. The number of unbranched alkanes of at least 4 members (excludes halogenated alkanes) is 1. The Hall–Kier alpha value is -0.270. The summed E-state index contributed by atoms with van der Waals surface area (Å²) in [5, 5.41) is 0.443. The van der Waals surface area contributed by atoms with Crippen LogP contribution in [-0.4, -0.2) is 5.88 Å². The molecule has 0 nitrogen and oxygen atoms in total. The van der Waals surface area contributed by atoms with Crippen LogP contribution in [0.15, 0.2) is 18.2 Å². The van der Waals surface area contributed by atoms with Gasteiger partial charge in [-0.15, -0.1) is 11.6 Å². The van der Waals surface area contributed by atoms with Crippen molar-refractivity contribution in [3.05, 3.63) is 34.6 Å². The summed E-state index contributed by atoms with van der Waals surface area (Å²) in [7, 11) is 0. The third-order valence-electron chi connectivity index (χ3n) is 1.84. The maximum absolute atomic E-state index is 13.2. The van der Waals surface area contributed by atoms with Gasteiger partial charge in [-0.2, -0.15) is 0 Å². The lowest BCUT2D eigenvalue weighted by molar-refractivity contribution is 0.603. The van der Waals surface area contributed by atoms with E-state index in [4.69, 9.17) is 23.2 Å². The fourth-order valence-electron chi connectivity index (χ4n) is 1.13. The summed E-state index contributed by atoms with van der Waals surface area (Å²) < 4.78 is 13.2. The molecule has 1 rings (SSSR count). The van der Waals surface area contributed by atoms with E-state index >= 15 is 0 Å². The molecule has 0 spiro atoms. The lowest BCUT2D eigenvalue weighted by atomic mass is 10.1. The summed E-state index contributed by atoms with van der Waals surface area (Å²) >= 11 is 11.1. The van der Waals surface area contributed by atoms with Gasteiger partial charge in [0.2, 0.25) is 0 Å². The van der Waals surface area contributed by atoms with Crippen molar-refractivity contribution in [1.82, 2.24) is 0 Å². The largest absolute Gasteiger partial charge is 0.207 e. The number of benzene rings is 1. The quantitative estimate of drug-likeness (QED) is 0.531. The second-order valence-corrected chi connectivity index (χ2v) is 3.70. The van der Waals surface area contributed by atoms with E-state index in [1.807, 2.05) is 0 Å². The molecule has 0 aliphatic rings. The van der Waals surface area contributed by atoms with Gasteiger partial charge >= 0.3 is 0 Å². The van der Waals surface area contributed by atoms with E-state index in [-0.39, 0.29) is 5.82 Å². The summed E-state index contributed by atoms with van der Waals surface area (Å²) in [5.41, 5.74) is 0.717. The molecule has 0 saturated heterocycles. The van der Waals surface area contributed by atoms with E-state index in [9.17, 15) is 4.39 Å². The van der Waals surface area contributed by atoms with Crippen LogP contribution in [0.5, 0.6) is 0 Å². The lowest BCUT2D eigenvalue weighted by Crippen LogP contribution is -1.91. The van der Waals surface area contributed by atoms with Gasteiger partial charge in [0.15, 0.2) is 0 Å². The number of hydrogen-bond acceptors (Lipinski definition) is 0. The van der Waals surface area contributed by atoms with Crippen molar-refractivity contribution in [2.75, 3.05) is 5.88 Å². The zero-order valence-corrected chi connectivity index (χ0v) is 8.71. The first kappa shape index (κ1) is 10.8. The van der Waals surface area contributed by atoms with Crippen LogP contribution in [0.1, 0.15) is 18.4 Å². The van der Waals surface area contributed by atoms with Gasteiger partial charge in [-0.25, -0.2) is 4.39 Å². The number of alkyl halides is 1. The van der Waals surface area contributed by atoms with Crippen LogP contribution in [-0.2, 0) is 6.42 Å². The van der Waals surface area contributed by atoms with Crippen LogP contribution in [0.4, 0.5) is 4.39 Å². The fraction of sp³-hybridized carbons (Fsp3) is 0.400. The standard InChI is InChI=1S/C10H11Cl2F/c11-6-2-1-3-8-4-5-9(12)7-10(8)13/h4-5,7H,1-3,6H2. The molecule has 1 aromatic rings. The molecule has 0 radical (unpaired) electrons. The first-order chi connectivity index (χ1) is 6.24. The number of halogens is 3. The molecule has 0 bridgehead atoms. The molecule has 0 aromatic heterocycles. The van der Waals surface area contributed by atoms with Crippen LogP contribution < -0.4 is 0 Å². The summed E-state index contributed by atoms with van der Waals surface area (Å²) in [6, 6.07) is 4.78. The molecule has 3 heteroatoms. The van der Waals surface area contributed by atoms with Crippen LogP contribution in [0.3, 0.4) is 0 Å². The van der Waals surface area contributed by atoms with Crippen molar-refractivity contribution in [2.24, 2.45) is 0 Å². The highest BCUT2D eigenvalue weighted by Crippen LogP contribution is 2.16. The minimum atomic E-state index is -0.220. The van der Waals surface area contributed by atoms with Crippen molar-refractivity contribution in [2.45, 2.75) is 19.3 Å². The molecule has 0 unspecified atom stereocenters. The molecule has 0 saturated carbocycles. The normalized spacial score (nSPS) is 10.4. The summed E-state index contributed by atoms with van der Waals surface area (Å²) in [6.45, 7) is 0. The third-order valence-corrected chi connectivity index (χ3v) is 2.35. The minimum absolute atomic E-state index is 0.220. The molecule has 0 amide bonds. The van der Waals surface area contributed by atoms with E-state index in [1.165, 1.54) is 6.07 Å². The maximum atomic E-state index is 13.2. The molecule has 1 aromatic carbocycles. The van der Waals surface area contributed by atoms with Gasteiger partial charge in [0, 0.05) is 10.9 Å². The summed E-state index contributed by atoms with van der Waals surface area (Å²) in [4.78, 5) is 0. The average molecular weight is 221 g/mol. The van der Waals surface area contributed by atoms with Crippen molar-refractivity contribution < 1.29 is 4.39 Å². The fourth-order valence-corrected chi connectivity index (χ4v) is 1.48. The SMILES string of the molecule is Fc1cc(Cl)ccc1CCCCCl. The Morgan fingerprint density at radius 3 is 2.62 bits per heavy atom. The Kier molecular flexibility index (Phi) is 4.54. The van der Waals surface area contributed by atoms with Crippen molar-refractivity contribution in [3.63, 3.8) is 0 Å². The Bertz CT molecular complexity index is 274. The van der Waals surface area contributed by atoms with Crippen molar-refractivity contribution >= 4 is 23.2 Å². The van der Waals surface area contributed by atoms with Gasteiger partial charge in [0.25, 0.3) is 0 Å². The zero-order chi connectivity index (χ0) is 9.68. The van der Waals surface area contributed by atoms with E-state index in [0.717, 1.165) is 24.8 Å². The lowest BCUT2D eigenvalue weighted by Gasteiger charge is -2.02. The Balaban J connectivity index is 2.56. The second kappa shape index (κ2) is 5.46. The molecule has 72 valence electrons. The number of hydrogen-bond donors (Lipinski definition) is 0. The molecule has 0 atom stereocenters. The highest BCUT2D eigenvalue weighted by atomic mass is 35.5. The van der Waals surface area contributed by atoms with Crippen LogP contribution in [0, 0.1) is 5.82 Å².